The number of aryl methyl sites for hydroxylation is 2. The summed E-state index contributed by atoms with van der Waals surface area (Å²) in [6.45, 7) is 4.04. The largest absolute Gasteiger partial charge is 0.268 e. The molecule has 1 aromatic heterocycles. The average Bonchev–Trinajstić information content (AvgIpc) is 2.52. The van der Waals surface area contributed by atoms with Gasteiger partial charge in [0.1, 0.15) is 0 Å². The fourth-order valence-electron chi connectivity index (χ4n) is 1.56. The summed E-state index contributed by atoms with van der Waals surface area (Å²) in [4.78, 5) is 11.5. The van der Waals surface area contributed by atoms with Gasteiger partial charge < -0.3 is 0 Å². The zero-order valence-electron chi connectivity index (χ0n) is 8.15. The highest BCUT2D eigenvalue weighted by Gasteiger charge is 2.06. The van der Waals surface area contributed by atoms with Gasteiger partial charge in [-0.05, 0) is 25.0 Å². The molecule has 14 heavy (non-hydrogen) atoms. The minimum absolute atomic E-state index is 0.0485. The summed E-state index contributed by atoms with van der Waals surface area (Å²) in [7, 11) is 0. The van der Waals surface area contributed by atoms with E-state index in [-0.39, 0.29) is 5.56 Å². The van der Waals surface area contributed by atoms with Crippen LogP contribution < -0.4 is 5.56 Å². The van der Waals surface area contributed by atoms with Crippen molar-refractivity contribution in [3.05, 3.63) is 51.1 Å². The SMILES string of the molecule is Cc1cccc(C)c1-n1sccc1=O. The van der Waals surface area contributed by atoms with Gasteiger partial charge in [0.25, 0.3) is 5.56 Å². The van der Waals surface area contributed by atoms with Crippen molar-refractivity contribution in [2.45, 2.75) is 13.8 Å². The van der Waals surface area contributed by atoms with Crippen LogP contribution in [0.25, 0.3) is 5.69 Å². The first-order valence-corrected chi connectivity index (χ1v) is 5.27. The van der Waals surface area contributed by atoms with Crippen molar-refractivity contribution in [1.82, 2.24) is 3.96 Å². The van der Waals surface area contributed by atoms with Crippen LogP contribution in [0.15, 0.2) is 34.4 Å². The molecule has 2 aromatic rings. The molecule has 0 atom stereocenters. The van der Waals surface area contributed by atoms with Crippen molar-refractivity contribution in [2.24, 2.45) is 0 Å². The van der Waals surface area contributed by atoms with Crippen LogP contribution in [-0.2, 0) is 0 Å². The Morgan fingerprint density at radius 3 is 2.29 bits per heavy atom. The third-order valence-electron chi connectivity index (χ3n) is 2.22. The monoisotopic (exact) mass is 205 g/mol. The summed E-state index contributed by atoms with van der Waals surface area (Å²) in [5.41, 5.74) is 3.34. The van der Waals surface area contributed by atoms with Crippen LogP contribution in [-0.4, -0.2) is 3.96 Å². The molecule has 0 bridgehead atoms. The van der Waals surface area contributed by atoms with E-state index in [4.69, 9.17) is 0 Å². The van der Waals surface area contributed by atoms with E-state index in [2.05, 4.69) is 0 Å². The fraction of sp³-hybridized carbons (Fsp3) is 0.182. The summed E-state index contributed by atoms with van der Waals surface area (Å²) in [6.07, 6.45) is 0. The maximum absolute atomic E-state index is 11.5. The van der Waals surface area contributed by atoms with Gasteiger partial charge in [-0.15, -0.1) is 0 Å². The van der Waals surface area contributed by atoms with Gasteiger partial charge in [-0.1, -0.05) is 29.7 Å². The first-order valence-electron chi connectivity index (χ1n) is 4.44. The van der Waals surface area contributed by atoms with Gasteiger partial charge in [0.15, 0.2) is 0 Å². The predicted octanol–water partition coefficient (Wildman–Crippen LogP) is 2.52. The van der Waals surface area contributed by atoms with E-state index in [1.165, 1.54) is 11.5 Å². The maximum Gasteiger partial charge on any atom is 0.265 e. The third-order valence-corrected chi connectivity index (χ3v) is 3.05. The Morgan fingerprint density at radius 2 is 1.79 bits per heavy atom. The van der Waals surface area contributed by atoms with E-state index in [1.807, 2.05) is 37.4 Å². The summed E-state index contributed by atoms with van der Waals surface area (Å²) >= 11 is 1.44. The third kappa shape index (κ3) is 1.40. The molecule has 0 unspecified atom stereocenters. The molecule has 72 valence electrons. The van der Waals surface area contributed by atoms with Crippen molar-refractivity contribution >= 4 is 11.5 Å². The molecular formula is C11H11NOS. The van der Waals surface area contributed by atoms with Crippen molar-refractivity contribution in [1.29, 1.82) is 0 Å². The van der Waals surface area contributed by atoms with E-state index in [9.17, 15) is 4.79 Å². The molecule has 3 heteroatoms. The average molecular weight is 205 g/mol. The van der Waals surface area contributed by atoms with E-state index in [0.717, 1.165) is 16.8 Å². The highest BCUT2D eigenvalue weighted by molar-refractivity contribution is 7.04. The molecule has 0 aliphatic rings. The molecule has 1 aromatic carbocycles. The Morgan fingerprint density at radius 1 is 1.14 bits per heavy atom. The number of hydrogen-bond donors (Lipinski definition) is 0. The number of benzene rings is 1. The molecule has 2 nitrogen and oxygen atoms in total. The predicted molar refractivity (Wildman–Crippen MR) is 59.4 cm³/mol. The van der Waals surface area contributed by atoms with Crippen molar-refractivity contribution in [3.8, 4) is 5.69 Å². The lowest BCUT2D eigenvalue weighted by Crippen LogP contribution is -2.11. The normalized spacial score (nSPS) is 10.4. The highest BCUT2D eigenvalue weighted by Crippen LogP contribution is 2.18. The highest BCUT2D eigenvalue weighted by atomic mass is 32.1. The quantitative estimate of drug-likeness (QED) is 0.701. The lowest BCUT2D eigenvalue weighted by atomic mass is 10.1. The lowest BCUT2D eigenvalue weighted by Gasteiger charge is -2.08. The zero-order valence-corrected chi connectivity index (χ0v) is 8.97. The van der Waals surface area contributed by atoms with Gasteiger partial charge >= 0.3 is 0 Å². The van der Waals surface area contributed by atoms with Crippen LogP contribution in [0.1, 0.15) is 11.1 Å². The smallest absolute Gasteiger partial charge is 0.265 e. The first-order chi connectivity index (χ1) is 6.70. The van der Waals surface area contributed by atoms with E-state index in [1.54, 1.807) is 10.0 Å². The second-order valence-corrected chi connectivity index (χ2v) is 4.13. The molecule has 0 radical (unpaired) electrons. The molecular weight excluding hydrogens is 194 g/mol. The Hall–Kier alpha value is -1.35. The molecule has 0 amide bonds. The van der Waals surface area contributed by atoms with Crippen molar-refractivity contribution < 1.29 is 0 Å². The molecule has 0 spiro atoms. The second-order valence-electron chi connectivity index (χ2n) is 3.28. The van der Waals surface area contributed by atoms with Crippen molar-refractivity contribution in [2.75, 3.05) is 0 Å². The second kappa shape index (κ2) is 3.42. The molecule has 1 heterocycles. The van der Waals surface area contributed by atoms with Gasteiger partial charge in [0.2, 0.25) is 0 Å². The van der Waals surface area contributed by atoms with Crippen LogP contribution in [0, 0.1) is 13.8 Å². The fourth-order valence-corrected chi connectivity index (χ4v) is 2.42. The molecule has 2 rings (SSSR count). The van der Waals surface area contributed by atoms with E-state index < -0.39 is 0 Å². The van der Waals surface area contributed by atoms with Crippen LogP contribution in [0.3, 0.4) is 0 Å². The van der Waals surface area contributed by atoms with Crippen LogP contribution >= 0.6 is 11.5 Å². The molecule has 0 saturated heterocycles. The summed E-state index contributed by atoms with van der Waals surface area (Å²) < 4.78 is 1.73. The van der Waals surface area contributed by atoms with E-state index in [0.29, 0.717) is 0 Å². The van der Waals surface area contributed by atoms with E-state index >= 15 is 0 Å². The standard InChI is InChI=1S/C11H11NOS/c1-8-4-3-5-9(2)11(8)12-10(13)6-7-14-12/h3-7H,1-2H3. The Kier molecular flexibility index (Phi) is 2.25. The summed E-state index contributed by atoms with van der Waals surface area (Å²) in [5, 5.41) is 1.81. The van der Waals surface area contributed by atoms with Crippen LogP contribution in [0.2, 0.25) is 0 Å². The topological polar surface area (TPSA) is 22.0 Å². The number of rotatable bonds is 1. The molecule has 0 fully saturated rings. The molecule has 0 aliphatic heterocycles. The van der Waals surface area contributed by atoms with Crippen molar-refractivity contribution in [3.63, 3.8) is 0 Å². The Balaban J connectivity index is 2.74. The number of aromatic nitrogens is 1. The lowest BCUT2D eigenvalue weighted by molar-refractivity contribution is 1.09. The number of nitrogens with zero attached hydrogens (tertiary/aromatic N) is 1. The molecule has 0 saturated carbocycles. The summed E-state index contributed by atoms with van der Waals surface area (Å²) in [5.74, 6) is 0. The molecule has 0 aliphatic carbocycles. The van der Waals surface area contributed by atoms with Gasteiger partial charge in [-0.3, -0.25) is 4.79 Å². The Labute approximate surface area is 86.6 Å². The van der Waals surface area contributed by atoms with Crippen LogP contribution in [0.5, 0.6) is 0 Å². The zero-order chi connectivity index (χ0) is 10.1. The first kappa shape index (κ1) is 9.21. The minimum atomic E-state index is 0.0485. The number of para-hydroxylation sites is 1. The van der Waals surface area contributed by atoms with Gasteiger partial charge in [-0.2, -0.15) is 0 Å². The Bertz CT molecular complexity index is 490. The number of hydrogen-bond acceptors (Lipinski definition) is 2. The van der Waals surface area contributed by atoms with Gasteiger partial charge in [0, 0.05) is 11.4 Å². The van der Waals surface area contributed by atoms with Crippen LogP contribution in [0.4, 0.5) is 0 Å². The van der Waals surface area contributed by atoms with Gasteiger partial charge in [-0.25, -0.2) is 3.96 Å². The van der Waals surface area contributed by atoms with Gasteiger partial charge in [0.05, 0.1) is 5.69 Å². The maximum atomic E-state index is 11.5. The molecule has 0 N–H and O–H groups in total. The minimum Gasteiger partial charge on any atom is -0.268 e. The summed E-state index contributed by atoms with van der Waals surface area (Å²) in [6, 6.07) is 7.65.